The van der Waals surface area contributed by atoms with Crippen LogP contribution in [-0.4, -0.2) is 24.6 Å². The summed E-state index contributed by atoms with van der Waals surface area (Å²) in [5.41, 5.74) is 6.81. The van der Waals surface area contributed by atoms with Crippen LogP contribution in [-0.2, 0) is 4.74 Å². The fourth-order valence-corrected chi connectivity index (χ4v) is 3.17. The van der Waals surface area contributed by atoms with Crippen molar-refractivity contribution in [2.75, 3.05) is 6.54 Å². The Bertz CT molecular complexity index is 475. The highest BCUT2D eigenvalue weighted by atomic mass is 79.9. The van der Waals surface area contributed by atoms with E-state index in [1.165, 1.54) is 6.42 Å². The molecule has 1 aliphatic heterocycles. The van der Waals surface area contributed by atoms with Crippen LogP contribution in [0, 0.1) is 5.92 Å². The molecular weight excluding hydrogens is 292 g/mol. The summed E-state index contributed by atoms with van der Waals surface area (Å²) in [5.74, 6) is 1.40. The van der Waals surface area contributed by atoms with E-state index in [4.69, 9.17) is 15.5 Å². The van der Waals surface area contributed by atoms with E-state index < -0.39 is 0 Å². The van der Waals surface area contributed by atoms with Gasteiger partial charge in [0, 0.05) is 10.0 Å². The maximum absolute atomic E-state index is 6.01. The minimum atomic E-state index is 0.237. The van der Waals surface area contributed by atoms with Gasteiger partial charge >= 0.3 is 0 Å². The van der Waals surface area contributed by atoms with Crippen molar-refractivity contribution in [3.8, 4) is 0 Å². The number of nitrogens with zero attached hydrogens (tertiary/aromatic N) is 1. The summed E-state index contributed by atoms with van der Waals surface area (Å²) in [5, 5.41) is 0. The first-order valence-electron chi connectivity index (χ1n) is 6.46. The van der Waals surface area contributed by atoms with Crippen LogP contribution < -0.4 is 5.73 Å². The molecule has 3 nitrogen and oxygen atoms in total. The third-order valence-corrected chi connectivity index (χ3v) is 4.31. The number of benzene rings is 1. The maximum atomic E-state index is 6.01. The number of fused-ring (bicyclic) bond motifs is 1. The third kappa shape index (κ3) is 2.31. The van der Waals surface area contributed by atoms with Crippen LogP contribution in [0.2, 0.25) is 0 Å². The minimum absolute atomic E-state index is 0.237. The average molecular weight is 309 g/mol. The van der Waals surface area contributed by atoms with Crippen molar-refractivity contribution in [1.82, 2.24) is 0 Å². The normalized spacial score (nSPS) is 30.6. The first-order valence-corrected chi connectivity index (χ1v) is 7.26. The van der Waals surface area contributed by atoms with Gasteiger partial charge in [-0.25, -0.2) is 4.99 Å². The third-order valence-electron chi connectivity index (χ3n) is 3.82. The molecule has 1 aromatic carbocycles. The Morgan fingerprint density at radius 3 is 3.06 bits per heavy atom. The summed E-state index contributed by atoms with van der Waals surface area (Å²) in [6, 6.07) is 8.45. The predicted octanol–water partition coefficient (Wildman–Crippen LogP) is 2.72. The monoisotopic (exact) mass is 308 g/mol. The van der Waals surface area contributed by atoms with Crippen molar-refractivity contribution in [1.29, 1.82) is 0 Å². The van der Waals surface area contributed by atoms with Gasteiger partial charge in [0.15, 0.2) is 0 Å². The van der Waals surface area contributed by atoms with Gasteiger partial charge in [-0.1, -0.05) is 22.0 Å². The van der Waals surface area contributed by atoms with Crippen molar-refractivity contribution in [2.24, 2.45) is 16.6 Å². The summed E-state index contributed by atoms with van der Waals surface area (Å²) < 4.78 is 7.07. The van der Waals surface area contributed by atoms with E-state index >= 15 is 0 Å². The molecule has 0 radical (unpaired) electrons. The van der Waals surface area contributed by atoms with Gasteiger partial charge in [0.05, 0.1) is 6.04 Å². The first kappa shape index (κ1) is 12.2. The highest BCUT2D eigenvalue weighted by Gasteiger charge is 2.36. The molecule has 18 heavy (non-hydrogen) atoms. The summed E-state index contributed by atoms with van der Waals surface area (Å²) in [4.78, 5) is 4.72. The fourth-order valence-electron chi connectivity index (χ4n) is 2.77. The Morgan fingerprint density at radius 1 is 1.39 bits per heavy atom. The Morgan fingerprint density at radius 2 is 2.28 bits per heavy atom. The molecule has 96 valence electrons. The molecule has 3 atom stereocenters. The fraction of sp³-hybridized carbons (Fsp3) is 0.500. The molecule has 1 fully saturated rings. The molecule has 2 N–H and O–H groups in total. The lowest BCUT2D eigenvalue weighted by molar-refractivity contribution is 0.123. The van der Waals surface area contributed by atoms with Crippen molar-refractivity contribution < 1.29 is 4.74 Å². The zero-order chi connectivity index (χ0) is 12.5. The molecule has 2 aliphatic rings. The molecule has 3 rings (SSSR count). The van der Waals surface area contributed by atoms with Gasteiger partial charge in [-0.3, -0.25) is 0 Å². The van der Waals surface area contributed by atoms with Gasteiger partial charge in [0.1, 0.15) is 6.10 Å². The molecular formula is C14H17BrN2O. The van der Waals surface area contributed by atoms with E-state index in [2.05, 4.69) is 22.0 Å². The van der Waals surface area contributed by atoms with E-state index in [1.807, 2.05) is 18.2 Å². The molecule has 0 saturated heterocycles. The van der Waals surface area contributed by atoms with Crippen LogP contribution in [0.1, 0.15) is 24.8 Å². The van der Waals surface area contributed by atoms with Crippen LogP contribution in [0.5, 0.6) is 0 Å². The Balaban J connectivity index is 1.77. The summed E-state index contributed by atoms with van der Waals surface area (Å²) >= 11 is 3.48. The van der Waals surface area contributed by atoms with Crippen LogP contribution >= 0.6 is 15.9 Å². The maximum Gasteiger partial charge on any atom is 0.216 e. The molecule has 1 heterocycles. The number of halogens is 1. The second-order valence-electron chi connectivity index (χ2n) is 5.08. The minimum Gasteiger partial charge on any atom is -0.472 e. The molecule has 1 saturated carbocycles. The van der Waals surface area contributed by atoms with Gasteiger partial charge < -0.3 is 10.5 Å². The number of hydrogen-bond acceptors (Lipinski definition) is 3. The quantitative estimate of drug-likeness (QED) is 0.913. The molecule has 4 heteroatoms. The molecule has 0 bridgehead atoms. The number of hydrogen-bond donors (Lipinski definition) is 1. The number of nitrogens with two attached hydrogens (primary N) is 1. The van der Waals surface area contributed by atoms with Crippen molar-refractivity contribution in [3.05, 3.63) is 34.3 Å². The standard InChI is InChI=1S/C14H17BrN2O/c15-11-3-1-2-10(7-11)14-17-12-5-4-9(8-16)6-13(12)18-14/h1-3,7,9,12-13H,4-6,8,16H2. The first-order chi connectivity index (χ1) is 8.76. The number of ether oxygens (including phenoxy) is 1. The van der Waals surface area contributed by atoms with E-state index in [9.17, 15) is 0 Å². The molecule has 1 aliphatic carbocycles. The molecule has 0 amide bonds. The highest BCUT2D eigenvalue weighted by Crippen LogP contribution is 2.33. The van der Waals surface area contributed by atoms with Crippen molar-refractivity contribution in [3.63, 3.8) is 0 Å². The lowest BCUT2D eigenvalue weighted by Crippen LogP contribution is -2.34. The van der Waals surface area contributed by atoms with E-state index in [1.54, 1.807) is 0 Å². The van der Waals surface area contributed by atoms with Gasteiger partial charge in [-0.2, -0.15) is 0 Å². The molecule has 3 unspecified atom stereocenters. The van der Waals surface area contributed by atoms with Crippen molar-refractivity contribution in [2.45, 2.75) is 31.4 Å². The van der Waals surface area contributed by atoms with Crippen LogP contribution in [0.15, 0.2) is 33.7 Å². The smallest absolute Gasteiger partial charge is 0.216 e. The van der Waals surface area contributed by atoms with Gasteiger partial charge in [-0.15, -0.1) is 0 Å². The topological polar surface area (TPSA) is 47.6 Å². The number of aliphatic imine (C=N–C) groups is 1. The molecule has 0 aromatic heterocycles. The Labute approximate surface area is 116 Å². The zero-order valence-electron chi connectivity index (χ0n) is 10.2. The van der Waals surface area contributed by atoms with E-state index in [-0.39, 0.29) is 6.10 Å². The predicted molar refractivity (Wildman–Crippen MR) is 75.7 cm³/mol. The second-order valence-corrected chi connectivity index (χ2v) is 6.00. The lowest BCUT2D eigenvalue weighted by Gasteiger charge is -2.28. The Hall–Kier alpha value is -0.870. The van der Waals surface area contributed by atoms with E-state index in [0.29, 0.717) is 12.0 Å². The van der Waals surface area contributed by atoms with Crippen LogP contribution in [0.3, 0.4) is 0 Å². The SMILES string of the molecule is NCC1CCC2N=C(c3cccc(Br)c3)OC2C1. The van der Waals surface area contributed by atoms with Crippen LogP contribution in [0.4, 0.5) is 0 Å². The highest BCUT2D eigenvalue weighted by molar-refractivity contribution is 9.10. The molecule has 0 spiro atoms. The van der Waals surface area contributed by atoms with Gasteiger partial charge in [0.2, 0.25) is 5.90 Å². The largest absolute Gasteiger partial charge is 0.472 e. The molecule has 1 aromatic rings. The number of rotatable bonds is 2. The van der Waals surface area contributed by atoms with E-state index in [0.717, 1.165) is 35.3 Å². The van der Waals surface area contributed by atoms with Crippen molar-refractivity contribution >= 4 is 21.8 Å². The van der Waals surface area contributed by atoms with Gasteiger partial charge in [0.25, 0.3) is 0 Å². The average Bonchev–Trinajstić information content (AvgIpc) is 2.81. The second kappa shape index (κ2) is 5.02. The zero-order valence-corrected chi connectivity index (χ0v) is 11.8. The lowest BCUT2D eigenvalue weighted by atomic mass is 9.84. The van der Waals surface area contributed by atoms with Crippen LogP contribution in [0.25, 0.3) is 0 Å². The van der Waals surface area contributed by atoms with Gasteiger partial charge in [-0.05, 0) is 49.9 Å². The summed E-state index contributed by atoms with van der Waals surface area (Å²) in [6.45, 7) is 0.763. The summed E-state index contributed by atoms with van der Waals surface area (Å²) in [6.07, 6.45) is 3.56. The summed E-state index contributed by atoms with van der Waals surface area (Å²) in [7, 11) is 0. The Kier molecular flexibility index (Phi) is 3.39.